The summed E-state index contributed by atoms with van der Waals surface area (Å²) in [5.41, 5.74) is 5.63. The third-order valence-electron chi connectivity index (χ3n) is 2.04. The number of aliphatic hydroxyl groups is 1. The molecule has 0 radical (unpaired) electrons. The summed E-state index contributed by atoms with van der Waals surface area (Å²) in [6.07, 6.45) is 3.52. The van der Waals surface area contributed by atoms with Crippen molar-refractivity contribution in [3.63, 3.8) is 0 Å². The van der Waals surface area contributed by atoms with Gasteiger partial charge in [-0.05, 0) is 6.42 Å². The molecule has 88 valence electrons. The number of amides is 1. The van der Waals surface area contributed by atoms with Gasteiger partial charge < -0.3 is 15.7 Å². The largest absolute Gasteiger partial charge is 0.395 e. The molecule has 3 N–H and O–H groups in total. The van der Waals surface area contributed by atoms with Crippen molar-refractivity contribution in [3.05, 3.63) is 18.1 Å². The van der Waals surface area contributed by atoms with Crippen molar-refractivity contribution in [1.29, 1.82) is 0 Å². The van der Waals surface area contributed by atoms with Gasteiger partial charge in [-0.25, -0.2) is 9.97 Å². The minimum Gasteiger partial charge on any atom is -0.395 e. The van der Waals surface area contributed by atoms with Crippen molar-refractivity contribution < 1.29 is 9.90 Å². The lowest BCUT2D eigenvalue weighted by Crippen LogP contribution is -2.34. The molecule has 1 heterocycles. The highest BCUT2D eigenvalue weighted by atomic mass is 16.3. The van der Waals surface area contributed by atoms with Crippen LogP contribution in [0.3, 0.4) is 0 Å². The van der Waals surface area contributed by atoms with E-state index in [4.69, 9.17) is 10.8 Å². The van der Waals surface area contributed by atoms with Gasteiger partial charge in [-0.15, -0.1) is 0 Å². The van der Waals surface area contributed by atoms with Gasteiger partial charge in [0.2, 0.25) is 0 Å². The molecule has 16 heavy (non-hydrogen) atoms. The zero-order valence-electron chi connectivity index (χ0n) is 9.26. The fourth-order valence-electron chi connectivity index (χ4n) is 1.32. The Morgan fingerprint density at radius 2 is 2.19 bits per heavy atom. The molecule has 0 saturated heterocycles. The molecule has 1 rings (SSSR count). The van der Waals surface area contributed by atoms with Crippen molar-refractivity contribution in [2.75, 3.05) is 25.4 Å². The zero-order chi connectivity index (χ0) is 12.0. The molecule has 0 bridgehead atoms. The minimum absolute atomic E-state index is 0.0614. The van der Waals surface area contributed by atoms with Crippen molar-refractivity contribution in [3.8, 4) is 0 Å². The molecule has 0 unspecified atom stereocenters. The summed E-state index contributed by atoms with van der Waals surface area (Å²) in [7, 11) is 0. The Balaban J connectivity index is 2.77. The van der Waals surface area contributed by atoms with E-state index in [-0.39, 0.29) is 24.0 Å². The number of aliphatic hydroxyl groups excluding tert-OH is 1. The number of aromatic nitrogens is 2. The fraction of sp³-hybridized carbons (Fsp3) is 0.500. The van der Waals surface area contributed by atoms with Gasteiger partial charge in [-0.1, -0.05) is 6.92 Å². The number of hydrogen-bond donors (Lipinski definition) is 2. The summed E-state index contributed by atoms with van der Waals surface area (Å²) < 4.78 is 0. The third-order valence-corrected chi connectivity index (χ3v) is 2.04. The summed E-state index contributed by atoms with van der Waals surface area (Å²) >= 11 is 0. The van der Waals surface area contributed by atoms with Crippen molar-refractivity contribution in [2.45, 2.75) is 13.3 Å². The molecule has 0 aliphatic carbocycles. The van der Waals surface area contributed by atoms with E-state index < -0.39 is 0 Å². The zero-order valence-corrected chi connectivity index (χ0v) is 9.26. The normalized spacial score (nSPS) is 10.1. The highest BCUT2D eigenvalue weighted by molar-refractivity contribution is 5.92. The van der Waals surface area contributed by atoms with E-state index in [0.29, 0.717) is 13.1 Å². The standard InChI is InChI=1S/C10H16N4O2/c1-2-3-14(4-5-15)10(16)8-6-13-9(11)7-12-8/h6-7,15H,2-5H2,1H3,(H2,11,13). The van der Waals surface area contributed by atoms with E-state index in [1.54, 1.807) is 4.90 Å². The van der Waals surface area contributed by atoms with Crippen LogP contribution in [0.2, 0.25) is 0 Å². The Morgan fingerprint density at radius 3 is 2.69 bits per heavy atom. The van der Waals surface area contributed by atoms with Crippen LogP contribution >= 0.6 is 0 Å². The molecule has 6 heteroatoms. The third kappa shape index (κ3) is 3.16. The summed E-state index contributed by atoms with van der Waals surface area (Å²) in [5, 5.41) is 8.85. The molecule has 0 aromatic carbocycles. The number of nitrogens with two attached hydrogens (primary N) is 1. The average molecular weight is 224 g/mol. The van der Waals surface area contributed by atoms with Gasteiger partial charge in [0, 0.05) is 13.1 Å². The van der Waals surface area contributed by atoms with Gasteiger partial charge in [0.1, 0.15) is 11.5 Å². The fourth-order valence-corrected chi connectivity index (χ4v) is 1.32. The van der Waals surface area contributed by atoms with E-state index in [9.17, 15) is 4.79 Å². The smallest absolute Gasteiger partial charge is 0.274 e. The number of rotatable bonds is 5. The average Bonchev–Trinajstić information content (AvgIpc) is 2.29. The number of hydrogen-bond acceptors (Lipinski definition) is 5. The molecule has 1 aromatic heterocycles. The van der Waals surface area contributed by atoms with E-state index in [1.165, 1.54) is 12.4 Å². The molecule has 0 atom stereocenters. The van der Waals surface area contributed by atoms with Crippen LogP contribution in [0.25, 0.3) is 0 Å². The second-order valence-corrected chi connectivity index (χ2v) is 3.34. The Bertz CT molecular complexity index is 333. The lowest BCUT2D eigenvalue weighted by molar-refractivity contribution is 0.0715. The van der Waals surface area contributed by atoms with Crippen LogP contribution in [-0.4, -0.2) is 45.6 Å². The molecule has 0 saturated carbocycles. The van der Waals surface area contributed by atoms with Crippen molar-refractivity contribution >= 4 is 11.7 Å². The predicted octanol–water partition coefficient (Wildman–Crippen LogP) is -0.0967. The van der Waals surface area contributed by atoms with Gasteiger partial charge in [0.25, 0.3) is 5.91 Å². The lowest BCUT2D eigenvalue weighted by atomic mass is 10.3. The van der Waals surface area contributed by atoms with Gasteiger partial charge in [-0.2, -0.15) is 0 Å². The topological polar surface area (TPSA) is 92.3 Å². The maximum Gasteiger partial charge on any atom is 0.274 e. The summed E-state index contributed by atoms with van der Waals surface area (Å²) in [5.74, 6) is 0.0455. The highest BCUT2D eigenvalue weighted by Crippen LogP contribution is 2.02. The molecular formula is C10H16N4O2. The summed E-state index contributed by atoms with van der Waals surface area (Å²) in [6.45, 7) is 2.80. The van der Waals surface area contributed by atoms with Gasteiger partial charge in [0.05, 0.1) is 19.0 Å². The molecular weight excluding hydrogens is 208 g/mol. The molecule has 0 spiro atoms. The van der Waals surface area contributed by atoms with Crippen LogP contribution in [0.1, 0.15) is 23.8 Å². The summed E-state index contributed by atoms with van der Waals surface area (Å²) in [4.78, 5) is 21.2. The first-order valence-electron chi connectivity index (χ1n) is 5.16. The Kier molecular flexibility index (Phi) is 4.65. The van der Waals surface area contributed by atoms with Crippen LogP contribution in [0.5, 0.6) is 0 Å². The van der Waals surface area contributed by atoms with Gasteiger partial charge in [-0.3, -0.25) is 4.79 Å². The first-order valence-corrected chi connectivity index (χ1v) is 5.16. The van der Waals surface area contributed by atoms with Crippen LogP contribution < -0.4 is 5.73 Å². The van der Waals surface area contributed by atoms with Crippen LogP contribution in [0.15, 0.2) is 12.4 Å². The van der Waals surface area contributed by atoms with Crippen LogP contribution in [0, 0.1) is 0 Å². The van der Waals surface area contributed by atoms with Crippen molar-refractivity contribution in [1.82, 2.24) is 14.9 Å². The number of anilines is 1. The molecule has 0 aliphatic rings. The minimum atomic E-state index is -0.233. The Labute approximate surface area is 94.1 Å². The number of carbonyl (C=O) groups excluding carboxylic acids is 1. The monoisotopic (exact) mass is 224 g/mol. The van der Waals surface area contributed by atoms with E-state index in [1.807, 2.05) is 6.92 Å². The Hall–Kier alpha value is -1.69. The Morgan fingerprint density at radius 1 is 1.44 bits per heavy atom. The second-order valence-electron chi connectivity index (χ2n) is 3.34. The summed E-state index contributed by atoms with van der Waals surface area (Å²) in [6, 6.07) is 0. The first kappa shape index (κ1) is 12.4. The number of carbonyl (C=O) groups is 1. The molecule has 0 aliphatic heterocycles. The van der Waals surface area contributed by atoms with Crippen molar-refractivity contribution in [2.24, 2.45) is 0 Å². The molecule has 6 nitrogen and oxygen atoms in total. The highest BCUT2D eigenvalue weighted by Gasteiger charge is 2.15. The van der Waals surface area contributed by atoms with Crippen LogP contribution in [-0.2, 0) is 0 Å². The quantitative estimate of drug-likeness (QED) is 0.728. The predicted molar refractivity (Wildman–Crippen MR) is 59.7 cm³/mol. The van der Waals surface area contributed by atoms with E-state index in [2.05, 4.69) is 9.97 Å². The maximum absolute atomic E-state index is 11.9. The van der Waals surface area contributed by atoms with Crippen LogP contribution in [0.4, 0.5) is 5.82 Å². The number of nitrogen functional groups attached to an aromatic ring is 1. The second kappa shape index (κ2) is 6.02. The lowest BCUT2D eigenvalue weighted by Gasteiger charge is -2.20. The SMILES string of the molecule is CCCN(CCO)C(=O)c1cnc(N)cn1. The van der Waals surface area contributed by atoms with Gasteiger partial charge >= 0.3 is 0 Å². The number of nitrogens with zero attached hydrogens (tertiary/aromatic N) is 3. The van der Waals surface area contributed by atoms with Gasteiger partial charge in [0.15, 0.2) is 0 Å². The van der Waals surface area contributed by atoms with E-state index >= 15 is 0 Å². The first-order chi connectivity index (χ1) is 7.69. The molecule has 0 fully saturated rings. The molecule has 1 aromatic rings. The maximum atomic E-state index is 11.9. The van der Waals surface area contributed by atoms with E-state index in [0.717, 1.165) is 6.42 Å². The molecule has 1 amide bonds.